The van der Waals surface area contributed by atoms with Crippen LogP contribution in [0.4, 0.5) is 17.6 Å². The molecule has 1 nitrogen and oxygen atoms in total. The van der Waals surface area contributed by atoms with Crippen LogP contribution >= 0.6 is 0 Å². The fourth-order valence-electron chi connectivity index (χ4n) is 2.77. The first-order chi connectivity index (χ1) is 10.9. The third-order valence-corrected chi connectivity index (χ3v) is 3.94. The van der Waals surface area contributed by atoms with Gasteiger partial charge in [0.05, 0.1) is 5.60 Å². The summed E-state index contributed by atoms with van der Waals surface area (Å²) in [6.07, 6.45) is 2.67. The summed E-state index contributed by atoms with van der Waals surface area (Å²) in [4.78, 5) is 0. The average molecular weight is 328 g/mol. The first kappa shape index (κ1) is 17.7. The van der Waals surface area contributed by atoms with Gasteiger partial charge in [0.1, 0.15) is 5.82 Å². The van der Waals surface area contributed by atoms with Crippen molar-refractivity contribution < 1.29 is 22.3 Å². The molecule has 23 heavy (non-hydrogen) atoms. The van der Waals surface area contributed by atoms with E-state index in [0.29, 0.717) is 17.6 Å². The van der Waals surface area contributed by atoms with E-state index >= 15 is 0 Å². The van der Waals surface area contributed by atoms with Gasteiger partial charge in [-0.05, 0) is 24.5 Å². The van der Waals surface area contributed by atoms with Crippen LogP contribution in [0, 0.1) is 5.82 Å². The van der Waals surface area contributed by atoms with Crippen molar-refractivity contribution in [1.29, 1.82) is 0 Å². The number of alkyl halides is 3. The van der Waals surface area contributed by atoms with Crippen LogP contribution in [0.15, 0.2) is 42.5 Å². The van der Waals surface area contributed by atoms with Crippen LogP contribution in [-0.4, -0.2) is 12.0 Å². The summed E-state index contributed by atoms with van der Waals surface area (Å²) in [6.45, 7) is 1.99. The number of rotatable bonds is 6. The largest absolute Gasteiger partial charge is 0.523 e. The van der Waals surface area contributed by atoms with Crippen LogP contribution in [0.1, 0.15) is 44.6 Å². The van der Waals surface area contributed by atoms with Crippen molar-refractivity contribution in [2.24, 2.45) is 0 Å². The van der Waals surface area contributed by atoms with Gasteiger partial charge in [-0.15, -0.1) is 13.2 Å². The average Bonchev–Trinajstić information content (AvgIpc) is 2.47. The lowest BCUT2D eigenvalue weighted by Crippen LogP contribution is -2.37. The van der Waals surface area contributed by atoms with Crippen LogP contribution in [0.3, 0.4) is 0 Å². The van der Waals surface area contributed by atoms with Crippen molar-refractivity contribution in [2.75, 3.05) is 0 Å². The Bertz CT molecular complexity index is 589. The van der Waals surface area contributed by atoms with E-state index in [1.165, 1.54) is 18.2 Å². The van der Waals surface area contributed by atoms with E-state index in [4.69, 9.17) is 0 Å². The predicted octanol–water partition coefficient (Wildman–Crippen LogP) is 6.02. The number of hydrogen-bond donors (Lipinski definition) is 0. The molecule has 0 aliphatic heterocycles. The summed E-state index contributed by atoms with van der Waals surface area (Å²) in [5, 5.41) is 0. The molecule has 2 rings (SSSR count). The highest BCUT2D eigenvalue weighted by molar-refractivity contribution is 5.75. The van der Waals surface area contributed by atoms with Crippen LogP contribution in [0.5, 0.6) is 0 Å². The quantitative estimate of drug-likeness (QED) is 0.458. The Kier molecular flexibility index (Phi) is 5.63. The highest BCUT2D eigenvalue weighted by Crippen LogP contribution is 2.38. The normalized spacial score (nSPS) is 21.3. The lowest BCUT2D eigenvalue weighted by molar-refractivity contribution is -0.359. The Balaban J connectivity index is 2.18. The molecule has 1 atom stereocenters. The molecule has 0 fully saturated rings. The minimum absolute atomic E-state index is 0.0798. The molecule has 1 aromatic rings. The SMILES string of the molecule is CCCCCC1(OC(F)(F)F)C=CC(c2ccccc2F)=CC1. The zero-order valence-electron chi connectivity index (χ0n) is 13.0. The van der Waals surface area contributed by atoms with Gasteiger partial charge in [-0.3, -0.25) is 4.74 Å². The number of halogens is 4. The maximum atomic E-state index is 13.8. The van der Waals surface area contributed by atoms with E-state index < -0.39 is 17.8 Å². The van der Waals surface area contributed by atoms with Crippen molar-refractivity contribution in [3.05, 3.63) is 53.9 Å². The third kappa shape index (κ3) is 4.93. The molecule has 1 aromatic carbocycles. The lowest BCUT2D eigenvalue weighted by atomic mass is 9.85. The molecule has 126 valence electrons. The molecule has 1 aliphatic rings. The number of allylic oxidation sites excluding steroid dienone is 2. The summed E-state index contributed by atoms with van der Waals surface area (Å²) in [6, 6.07) is 6.22. The van der Waals surface area contributed by atoms with Crippen molar-refractivity contribution in [1.82, 2.24) is 0 Å². The summed E-state index contributed by atoms with van der Waals surface area (Å²) in [5.41, 5.74) is -0.416. The van der Waals surface area contributed by atoms with E-state index in [2.05, 4.69) is 4.74 Å². The third-order valence-electron chi connectivity index (χ3n) is 3.94. The van der Waals surface area contributed by atoms with E-state index in [0.717, 1.165) is 12.8 Å². The lowest BCUT2D eigenvalue weighted by Gasteiger charge is -2.33. The minimum atomic E-state index is -4.69. The molecule has 1 aliphatic carbocycles. The minimum Gasteiger partial charge on any atom is -0.281 e. The Hall–Kier alpha value is -1.62. The Labute approximate surface area is 133 Å². The first-order valence-corrected chi connectivity index (χ1v) is 7.76. The molecule has 0 saturated heterocycles. The van der Waals surface area contributed by atoms with Crippen molar-refractivity contribution >= 4 is 5.57 Å². The zero-order chi connectivity index (χ0) is 16.9. The molecule has 5 heteroatoms. The summed E-state index contributed by atoms with van der Waals surface area (Å²) in [5.74, 6) is -0.390. The maximum Gasteiger partial charge on any atom is 0.523 e. The fourth-order valence-corrected chi connectivity index (χ4v) is 2.77. The molecule has 0 saturated carbocycles. The number of hydrogen-bond acceptors (Lipinski definition) is 1. The molecule has 0 aromatic heterocycles. The maximum absolute atomic E-state index is 13.8. The van der Waals surface area contributed by atoms with Gasteiger partial charge in [0.2, 0.25) is 0 Å². The second-order valence-electron chi connectivity index (χ2n) is 5.75. The highest BCUT2D eigenvalue weighted by atomic mass is 19.4. The molecule has 0 spiro atoms. The van der Waals surface area contributed by atoms with Crippen LogP contribution in [0.25, 0.3) is 5.57 Å². The smallest absolute Gasteiger partial charge is 0.281 e. The van der Waals surface area contributed by atoms with Crippen molar-refractivity contribution in [3.63, 3.8) is 0 Å². The molecule has 0 N–H and O–H groups in total. The van der Waals surface area contributed by atoms with Gasteiger partial charge in [-0.2, -0.15) is 0 Å². The predicted molar refractivity (Wildman–Crippen MR) is 82.1 cm³/mol. The van der Waals surface area contributed by atoms with Crippen LogP contribution < -0.4 is 0 Å². The molecule has 0 amide bonds. The topological polar surface area (TPSA) is 9.23 Å². The molecular formula is C18H20F4O. The molecule has 1 unspecified atom stereocenters. The Morgan fingerprint density at radius 2 is 1.91 bits per heavy atom. The standard InChI is InChI=1S/C18H20F4O/c1-2-3-6-11-17(23-18(20,21)22)12-9-14(10-13-17)15-7-4-5-8-16(15)19/h4-5,7-10,12H,2-3,6,11,13H2,1H3. The molecule has 0 radical (unpaired) electrons. The van der Waals surface area contributed by atoms with Gasteiger partial charge in [-0.1, -0.05) is 62.6 Å². The van der Waals surface area contributed by atoms with Gasteiger partial charge in [-0.25, -0.2) is 4.39 Å². The van der Waals surface area contributed by atoms with E-state index in [-0.39, 0.29) is 12.8 Å². The van der Waals surface area contributed by atoms with Crippen LogP contribution in [0.2, 0.25) is 0 Å². The van der Waals surface area contributed by atoms with Gasteiger partial charge in [0.25, 0.3) is 0 Å². The first-order valence-electron chi connectivity index (χ1n) is 7.76. The van der Waals surface area contributed by atoms with E-state index in [9.17, 15) is 17.6 Å². The van der Waals surface area contributed by atoms with Crippen molar-refractivity contribution in [2.45, 2.75) is 51.0 Å². The Morgan fingerprint density at radius 1 is 1.17 bits per heavy atom. The number of unbranched alkanes of at least 4 members (excludes halogenated alkanes) is 2. The van der Waals surface area contributed by atoms with Crippen molar-refractivity contribution in [3.8, 4) is 0 Å². The van der Waals surface area contributed by atoms with Gasteiger partial charge >= 0.3 is 6.36 Å². The fraction of sp³-hybridized carbons (Fsp3) is 0.444. The summed E-state index contributed by atoms with van der Waals surface area (Å²) >= 11 is 0. The van der Waals surface area contributed by atoms with Gasteiger partial charge < -0.3 is 0 Å². The van der Waals surface area contributed by atoms with E-state index in [1.807, 2.05) is 6.92 Å². The second-order valence-corrected chi connectivity index (χ2v) is 5.75. The van der Waals surface area contributed by atoms with Gasteiger partial charge in [0, 0.05) is 5.56 Å². The Morgan fingerprint density at radius 3 is 2.48 bits per heavy atom. The molecular weight excluding hydrogens is 308 g/mol. The zero-order valence-corrected chi connectivity index (χ0v) is 13.0. The monoisotopic (exact) mass is 328 g/mol. The summed E-state index contributed by atoms with van der Waals surface area (Å²) in [7, 11) is 0. The van der Waals surface area contributed by atoms with Gasteiger partial charge in [0.15, 0.2) is 0 Å². The second kappa shape index (κ2) is 7.30. The van der Waals surface area contributed by atoms with Crippen LogP contribution in [-0.2, 0) is 4.74 Å². The molecule has 0 heterocycles. The highest BCUT2D eigenvalue weighted by Gasteiger charge is 2.42. The summed E-state index contributed by atoms with van der Waals surface area (Å²) < 4.78 is 56.4. The number of ether oxygens (including phenoxy) is 1. The molecule has 0 bridgehead atoms. The number of benzene rings is 1. The van der Waals surface area contributed by atoms with E-state index in [1.54, 1.807) is 24.3 Å².